The number of ether oxygens (including phenoxy) is 1. The number of likely N-dealkylation sites (tertiary alicyclic amines) is 1. The van der Waals surface area contributed by atoms with Crippen LogP contribution in [0, 0.1) is 0 Å². The van der Waals surface area contributed by atoms with Gasteiger partial charge in [-0.1, -0.05) is 12.1 Å². The maximum atomic E-state index is 13.1. The molecule has 0 atom stereocenters. The molecule has 0 bridgehead atoms. The molecule has 34 heavy (non-hydrogen) atoms. The normalized spacial score (nSPS) is 16.7. The van der Waals surface area contributed by atoms with E-state index in [4.69, 9.17) is 4.74 Å². The number of anilines is 2. The van der Waals surface area contributed by atoms with Gasteiger partial charge in [0.25, 0.3) is 5.91 Å². The van der Waals surface area contributed by atoms with Crippen molar-refractivity contribution >= 4 is 34.5 Å². The second-order valence-electron chi connectivity index (χ2n) is 8.50. The number of rotatable bonds is 6. The zero-order chi connectivity index (χ0) is 23.5. The van der Waals surface area contributed by atoms with Gasteiger partial charge in [0, 0.05) is 41.4 Å². The molecule has 0 spiro atoms. The highest BCUT2D eigenvalue weighted by Crippen LogP contribution is 2.38. The average molecular weight is 455 g/mol. The zero-order valence-electron chi connectivity index (χ0n) is 19.0. The van der Waals surface area contributed by atoms with Crippen LogP contribution < -0.4 is 10.6 Å². The van der Waals surface area contributed by atoms with Crippen molar-refractivity contribution in [2.75, 3.05) is 30.8 Å². The Bertz CT molecular complexity index is 1250. The molecule has 1 saturated heterocycles. The van der Waals surface area contributed by atoms with Crippen molar-refractivity contribution in [1.82, 2.24) is 9.88 Å². The highest BCUT2D eigenvalue weighted by molar-refractivity contribution is 6.37. The maximum absolute atomic E-state index is 13.1. The molecule has 0 aliphatic carbocycles. The zero-order valence-corrected chi connectivity index (χ0v) is 19.0. The molecular formula is C27H26N4O3. The van der Waals surface area contributed by atoms with Crippen molar-refractivity contribution in [2.24, 2.45) is 0 Å². The highest BCUT2D eigenvalue weighted by Gasteiger charge is 2.29. The molecule has 7 nitrogen and oxygen atoms in total. The van der Waals surface area contributed by atoms with Crippen LogP contribution in [0.15, 0.2) is 67.0 Å². The molecule has 2 aliphatic heterocycles. The Hall–Kier alpha value is -3.97. The first-order chi connectivity index (χ1) is 16.6. The van der Waals surface area contributed by atoms with Crippen LogP contribution in [0.4, 0.5) is 11.4 Å². The van der Waals surface area contributed by atoms with Crippen LogP contribution in [-0.2, 0) is 16.1 Å². The van der Waals surface area contributed by atoms with E-state index in [1.807, 2.05) is 24.3 Å². The molecule has 1 aromatic heterocycles. The number of hydrogen-bond acceptors (Lipinski definition) is 6. The van der Waals surface area contributed by atoms with E-state index in [2.05, 4.69) is 32.7 Å². The summed E-state index contributed by atoms with van der Waals surface area (Å²) in [5, 5.41) is 6.34. The van der Waals surface area contributed by atoms with Crippen molar-refractivity contribution in [1.29, 1.82) is 0 Å². The number of fused-ring (bicyclic) bond motifs is 1. The summed E-state index contributed by atoms with van der Waals surface area (Å²) in [6.07, 6.45) is 5.94. The van der Waals surface area contributed by atoms with Gasteiger partial charge in [-0.25, -0.2) is 4.79 Å². The lowest BCUT2D eigenvalue weighted by Crippen LogP contribution is -2.18. The highest BCUT2D eigenvalue weighted by atomic mass is 16.5. The van der Waals surface area contributed by atoms with Gasteiger partial charge in [-0.05, 0) is 74.0 Å². The predicted molar refractivity (Wildman–Crippen MR) is 132 cm³/mol. The molecule has 1 fully saturated rings. The summed E-state index contributed by atoms with van der Waals surface area (Å²) in [4.78, 5) is 31.9. The fraction of sp³-hybridized carbons (Fsp3) is 0.222. The van der Waals surface area contributed by atoms with Gasteiger partial charge in [-0.3, -0.25) is 14.7 Å². The van der Waals surface area contributed by atoms with Gasteiger partial charge in [0.2, 0.25) is 0 Å². The van der Waals surface area contributed by atoms with Gasteiger partial charge in [-0.15, -0.1) is 0 Å². The maximum Gasteiger partial charge on any atom is 0.337 e. The van der Waals surface area contributed by atoms with E-state index >= 15 is 0 Å². The second-order valence-corrected chi connectivity index (χ2v) is 8.50. The number of methoxy groups -OCH3 is 1. The largest absolute Gasteiger partial charge is 0.465 e. The molecule has 0 unspecified atom stereocenters. The van der Waals surface area contributed by atoms with Crippen molar-refractivity contribution in [2.45, 2.75) is 19.4 Å². The number of amides is 1. The Balaban J connectivity index is 1.53. The molecule has 3 aromatic rings. The number of carbonyl (C=O) groups is 2. The standard InChI is InChI=1S/C27H26N4O3/c1-34-27(33)19-8-11-23-22(15-19)24(26(32)30-23)25(20-5-4-12-28-16-20)29-21-9-6-18(7-10-21)17-31-13-2-3-14-31/h4-12,15-16,29H,2-3,13-14,17H2,1H3,(H,30,32). The number of nitrogens with one attached hydrogen (secondary N) is 2. The van der Waals surface area contributed by atoms with Gasteiger partial charge in [0.05, 0.1) is 23.9 Å². The van der Waals surface area contributed by atoms with Gasteiger partial charge < -0.3 is 15.4 Å². The SMILES string of the molecule is COC(=O)c1ccc2c(c1)C(=C(Nc1ccc(CN3CCCC3)cc1)c1cccnc1)C(=O)N2. The quantitative estimate of drug-likeness (QED) is 0.424. The fourth-order valence-corrected chi connectivity index (χ4v) is 4.49. The van der Waals surface area contributed by atoms with Crippen molar-refractivity contribution in [3.8, 4) is 0 Å². The van der Waals surface area contributed by atoms with E-state index in [1.165, 1.54) is 25.5 Å². The number of benzene rings is 2. The lowest BCUT2D eigenvalue weighted by atomic mass is 9.99. The Morgan fingerprint density at radius 1 is 1.09 bits per heavy atom. The minimum atomic E-state index is -0.453. The minimum Gasteiger partial charge on any atom is -0.465 e. The van der Waals surface area contributed by atoms with Crippen molar-refractivity contribution in [3.05, 3.63) is 89.2 Å². The molecule has 1 amide bonds. The van der Waals surface area contributed by atoms with Crippen LogP contribution in [0.1, 0.15) is 39.9 Å². The smallest absolute Gasteiger partial charge is 0.337 e. The molecule has 7 heteroatoms. The third-order valence-electron chi connectivity index (χ3n) is 6.21. The third kappa shape index (κ3) is 4.43. The van der Waals surface area contributed by atoms with Crippen molar-refractivity contribution in [3.63, 3.8) is 0 Å². The molecule has 172 valence electrons. The Morgan fingerprint density at radius 2 is 1.88 bits per heavy atom. The number of aromatic nitrogens is 1. The van der Waals surface area contributed by atoms with E-state index in [0.717, 1.165) is 30.9 Å². The first kappa shape index (κ1) is 21.9. The van der Waals surface area contributed by atoms with Gasteiger partial charge in [0.1, 0.15) is 0 Å². The summed E-state index contributed by atoms with van der Waals surface area (Å²) in [6.45, 7) is 3.25. The van der Waals surface area contributed by atoms with E-state index < -0.39 is 5.97 Å². The van der Waals surface area contributed by atoms with Gasteiger partial charge >= 0.3 is 5.97 Å². The number of carbonyl (C=O) groups excluding carboxylic acids is 2. The molecular weight excluding hydrogens is 428 g/mol. The molecule has 0 saturated carbocycles. The van der Waals surface area contributed by atoms with E-state index in [1.54, 1.807) is 30.6 Å². The Kier molecular flexibility index (Phi) is 6.10. The molecule has 2 aliphatic rings. The third-order valence-corrected chi connectivity index (χ3v) is 6.21. The van der Waals surface area contributed by atoms with Crippen LogP contribution in [0.3, 0.4) is 0 Å². The minimum absolute atomic E-state index is 0.242. The van der Waals surface area contributed by atoms with E-state index in [0.29, 0.717) is 28.1 Å². The Morgan fingerprint density at radius 3 is 2.59 bits per heavy atom. The summed E-state index contributed by atoms with van der Waals surface area (Å²) in [5.74, 6) is -0.694. The summed E-state index contributed by atoms with van der Waals surface area (Å²) in [7, 11) is 1.34. The van der Waals surface area contributed by atoms with E-state index in [-0.39, 0.29) is 5.91 Å². The van der Waals surface area contributed by atoms with Gasteiger partial charge in [-0.2, -0.15) is 0 Å². The summed E-state index contributed by atoms with van der Waals surface area (Å²) < 4.78 is 4.87. The van der Waals surface area contributed by atoms with E-state index in [9.17, 15) is 9.59 Å². The first-order valence-electron chi connectivity index (χ1n) is 11.4. The van der Waals surface area contributed by atoms with Crippen LogP contribution in [0.2, 0.25) is 0 Å². The second kappa shape index (κ2) is 9.49. The van der Waals surface area contributed by atoms with Crippen LogP contribution >= 0.6 is 0 Å². The molecule has 2 aromatic carbocycles. The summed E-state index contributed by atoms with van der Waals surface area (Å²) in [5.41, 5.74) is 5.64. The molecule has 2 N–H and O–H groups in total. The number of hydrogen-bond donors (Lipinski definition) is 2. The summed E-state index contributed by atoms with van der Waals surface area (Å²) >= 11 is 0. The monoisotopic (exact) mass is 454 g/mol. The molecule has 3 heterocycles. The first-order valence-corrected chi connectivity index (χ1v) is 11.4. The fourth-order valence-electron chi connectivity index (χ4n) is 4.49. The number of pyridine rings is 1. The van der Waals surface area contributed by atoms with Crippen LogP contribution in [0.25, 0.3) is 11.3 Å². The molecule has 5 rings (SSSR count). The van der Waals surface area contributed by atoms with Crippen LogP contribution in [-0.4, -0.2) is 42.0 Å². The lowest BCUT2D eigenvalue weighted by Gasteiger charge is -2.17. The number of esters is 1. The predicted octanol–water partition coefficient (Wildman–Crippen LogP) is 4.40. The van der Waals surface area contributed by atoms with Gasteiger partial charge in [0.15, 0.2) is 0 Å². The molecule has 0 radical (unpaired) electrons. The lowest BCUT2D eigenvalue weighted by molar-refractivity contribution is -0.110. The Labute approximate surface area is 198 Å². The number of nitrogens with zero attached hydrogens (tertiary/aromatic N) is 2. The average Bonchev–Trinajstić information content (AvgIpc) is 3.50. The summed E-state index contributed by atoms with van der Waals surface area (Å²) in [6, 6.07) is 17.1. The topological polar surface area (TPSA) is 83.6 Å². The van der Waals surface area contributed by atoms with Crippen LogP contribution in [0.5, 0.6) is 0 Å². The van der Waals surface area contributed by atoms with Crippen molar-refractivity contribution < 1.29 is 14.3 Å².